The Bertz CT molecular complexity index is 1500. The molecule has 1 spiro atoms. The van der Waals surface area contributed by atoms with Gasteiger partial charge in [0, 0.05) is 35.9 Å². The fourth-order valence-electron chi connectivity index (χ4n) is 5.69. The zero-order valence-corrected chi connectivity index (χ0v) is 20.9. The number of rotatable bonds is 5. The van der Waals surface area contributed by atoms with Crippen LogP contribution in [-0.2, 0) is 4.79 Å². The predicted molar refractivity (Wildman–Crippen MR) is 142 cm³/mol. The average Bonchev–Trinajstić information content (AvgIpc) is 3.59. The standard InChI is InChI=1S/C28H27N5O2S/c1-3-25(34)32-13-11-28(17-32)15-20(16-28)33-22-7-5-4-6-21(22)30-27(33)31-26(35)24-9-8-23(36-24)19-10-12-29-18(2)14-19/h3-10,12,14,20H,1,11,13,15-17H2,2H3,(H,30,31,35)/t20-,28-. The van der Waals surface area contributed by atoms with Crippen molar-refractivity contribution in [3.63, 3.8) is 0 Å². The molecule has 4 heterocycles. The van der Waals surface area contributed by atoms with Gasteiger partial charge in [-0.3, -0.25) is 19.9 Å². The van der Waals surface area contributed by atoms with Crippen LogP contribution in [0.5, 0.6) is 0 Å². The van der Waals surface area contributed by atoms with Crippen LogP contribution < -0.4 is 5.32 Å². The Hall–Kier alpha value is -3.78. The van der Waals surface area contributed by atoms with Gasteiger partial charge in [-0.2, -0.15) is 0 Å². The zero-order valence-electron chi connectivity index (χ0n) is 20.1. The van der Waals surface area contributed by atoms with E-state index in [4.69, 9.17) is 4.98 Å². The van der Waals surface area contributed by atoms with E-state index in [1.165, 1.54) is 17.4 Å². The molecule has 1 aliphatic heterocycles. The van der Waals surface area contributed by atoms with Crippen molar-refractivity contribution in [1.82, 2.24) is 19.4 Å². The highest BCUT2D eigenvalue weighted by Gasteiger charge is 2.50. The van der Waals surface area contributed by atoms with Crippen molar-refractivity contribution in [3.8, 4) is 10.4 Å². The van der Waals surface area contributed by atoms with Crippen molar-refractivity contribution < 1.29 is 9.59 Å². The van der Waals surface area contributed by atoms with Crippen molar-refractivity contribution in [3.05, 3.63) is 78.0 Å². The Morgan fingerprint density at radius 2 is 2.03 bits per heavy atom. The number of nitrogens with zero attached hydrogens (tertiary/aromatic N) is 4. The molecular weight excluding hydrogens is 470 g/mol. The molecule has 8 heteroatoms. The maximum Gasteiger partial charge on any atom is 0.268 e. The summed E-state index contributed by atoms with van der Waals surface area (Å²) in [7, 11) is 0. The van der Waals surface area contributed by atoms with Crippen LogP contribution in [0.2, 0.25) is 0 Å². The van der Waals surface area contributed by atoms with Crippen LogP contribution in [0.25, 0.3) is 21.5 Å². The van der Waals surface area contributed by atoms with Gasteiger partial charge in [0.15, 0.2) is 0 Å². The van der Waals surface area contributed by atoms with E-state index in [9.17, 15) is 9.59 Å². The highest BCUT2D eigenvalue weighted by atomic mass is 32.1. The van der Waals surface area contributed by atoms with E-state index in [2.05, 4.69) is 27.5 Å². The Labute approximate surface area is 213 Å². The molecule has 1 aliphatic carbocycles. The lowest BCUT2D eigenvalue weighted by atomic mass is 9.65. The smallest absolute Gasteiger partial charge is 0.268 e. The molecule has 0 radical (unpaired) electrons. The number of aromatic nitrogens is 3. The zero-order chi connectivity index (χ0) is 24.9. The third kappa shape index (κ3) is 3.91. The van der Waals surface area contributed by atoms with Crippen molar-refractivity contribution in [2.45, 2.75) is 32.2 Å². The number of nitrogens with one attached hydrogen (secondary N) is 1. The molecule has 2 fully saturated rings. The lowest BCUT2D eigenvalue weighted by Crippen LogP contribution is -2.42. The van der Waals surface area contributed by atoms with E-state index >= 15 is 0 Å². The summed E-state index contributed by atoms with van der Waals surface area (Å²) in [6, 6.07) is 16.0. The van der Waals surface area contributed by atoms with E-state index < -0.39 is 0 Å². The first-order valence-electron chi connectivity index (χ1n) is 12.2. The van der Waals surface area contributed by atoms with Crippen LogP contribution >= 0.6 is 11.3 Å². The minimum Gasteiger partial charge on any atom is -0.339 e. The quantitative estimate of drug-likeness (QED) is 0.371. The molecular formula is C28H27N5O2S. The Kier molecular flexibility index (Phi) is 5.48. The molecule has 3 aromatic heterocycles. The Balaban J connectivity index is 1.24. The summed E-state index contributed by atoms with van der Waals surface area (Å²) < 4.78 is 2.18. The fourth-order valence-corrected chi connectivity index (χ4v) is 6.58. The van der Waals surface area contributed by atoms with E-state index in [-0.39, 0.29) is 23.3 Å². The summed E-state index contributed by atoms with van der Waals surface area (Å²) in [6.45, 7) is 7.14. The first kappa shape index (κ1) is 22.7. The second kappa shape index (κ2) is 8.71. The van der Waals surface area contributed by atoms with Gasteiger partial charge in [-0.25, -0.2) is 4.98 Å². The number of para-hydroxylation sites is 2. The average molecular weight is 498 g/mol. The predicted octanol–water partition coefficient (Wildman–Crippen LogP) is 5.46. The summed E-state index contributed by atoms with van der Waals surface area (Å²) >= 11 is 1.46. The second-order valence-corrected chi connectivity index (χ2v) is 11.0. The van der Waals surface area contributed by atoms with Crippen molar-refractivity contribution >= 4 is 40.1 Å². The summed E-state index contributed by atoms with van der Waals surface area (Å²) in [4.78, 5) is 38.0. The molecule has 7 nitrogen and oxygen atoms in total. The number of carbonyl (C=O) groups excluding carboxylic acids is 2. The number of fused-ring (bicyclic) bond motifs is 1. The number of hydrogen-bond acceptors (Lipinski definition) is 5. The summed E-state index contributed by atoms with van der Waals surface area (Å²) in [5, 5.41) is 3.09. The number of amides is 2. The van der Waals surface area contributed by atoms with Crippen molar-refractivity contribution in [2.75, 3.05) is 18.4 Å². The number of thiophene rings is 1. The minimum absolute atomic E-state index is 0.00796. The van der Waals surface area contributed by atoms with Gasteiger partial charge < -0.3 is 9.47 Å². The summed E-state index contributed by atoms with van der Waals surface area (Å²) in [5.41, 5.74) is 4.02. The van der Waals surface area contributed by atoms with Crippen molar-refractivity contribution in [1.29, 1.82) is 0 Å². The number of likely N-dealkylation sites (tertiary alicyclic amines) is 1. The molecule has 1 N–H and O–H groups in total. The van der Waals surface area contributed by atoms with Gasteiger partial charge in [0.2, 0.25) is 11.9 Å². The topological polar surface area (TPSA) is 80.1 Å². The summed E-state index contributed by atoms with van der Waals surface area (Å²) in [6.07, 6.45) is 6.11. The normalized spacial score (nSPS) is 21.0. The Morgan fingerprint density at radius 3 is 2.83 bits per heavy atom. The van der Waals surface area contributed by atoms with Crippen LogP contribution in [0, 0.1) is 12.3 Å². The Morgan fingerprint density at radius 1 is 1.19 bits per heavy atom. The first-order valence-corrected chi connectivity index (χ1v) is 13.0. The van der Waals surface area contributed by atoms with Gasteiger partial charge in [0.1, 0.15) is 0 Å². The molecule has 1 saturated heterocycles. The van der Waals surface area contributed by atoms with Gasteiger partial charge in [-0.05, 0) is 79.6 Å². The molecule has 2 amide bonds. The van der Waals surface area contributed by atoms with Gasteiger partial charge in [-0.15, -0.1) is 11.3 Å². The molecule has 0 unspecified atom stereocenters. The molecule has 1 aromatic carbocycles. The number of hydrogen-bond donors (Lipinski definition) is 1. The highest BCUT2D eigenvalue weighted by Crippen LogP contribution is 2.55. The van der Waals surface area contributed by atoms with Gasteiger partial charge in [-0.1, -0.05) is 18.7 Å². The van der Waals surface area contributed by atoms with Crippen LogP contribution in [0.15, 0.2) is 67.4 Å². The number of aryl methyl sites for hydroxylation is 1. The molecule has 182 valence electrons. The lowest BCUT2D eigenvalue weighted by molar-refractivity contribution is -0.125. The number of carbonyl (C=O) groups is 2. The lowest BCUT2D eigenvalue weighted by Gasteiger charge is -2.46. The molecule has 0 atom stereocenters. The number of anilines is 1. The van der Waals surface area contributed by atoms with Gasteiger partial charge in [0.25, 0.3) is 5.91 Å². The van der Waals surface area contributed by atoms with E-state index in [1.54, 1.807) is 6.20 Å². The molecule has 2 aliphatic rings. The molecule has 1 saturated carbocycles. The van der Waals surface area contributed by atoms with Crippen LogP contribution in [0.3, 0.4) is 0 Å². The van der Waals surface area contributed by atoms with Crippen LogP contribution in [0.4, 0.5) is 5.95 Å². The minimum atomic E-state index is -0.161. The summed E-state index contributed by atoms with van der Waals surface area (Å²) in [5.74, 6) is 0.424. The van der Waals surface area contributed by atoms with Gasteiger partial charge in [0.05, 0.1) is 15.9 Å². The highest BCUT2D eigenvalue weighted by molar-refractivity contribution is 7.17. The van der Waals surface area contributed by atoms with Crippen LogP contribution in [-0.4, -0.2) is 44.3 Å². The second-order valence-electron chi connectivity index (χ2n) is 9.87. The van der Waals surface area contributed by atoms with Crippen LogP contribution in [0.1, 0.15) is 40.7 Å². The SMILES string of the molecule is C=CC(=O)N1CC[C@]2(C1)C[C@H](n1c(NC(=O)c3ccc(-c4ccnc(C)c4)s3)nc3ccccc31)C2. The molecule has 36 heavy (non-hydrogen) atoms. The van der Waals surface area contributed by atoms with E-state index in [0.717, 1.165) is 59.5 Å². The molecule has 0 bridgehead atoms. The third-order valence-corrected chi connectivity index (χ3v) is 8.59. The number of imidazole rings is 1. The van der Waals surface area contributed by atoms with Crippen molar-refractivity contribution in [2.24, 2.45) is 5.41 Å². The first-order chi connectivity index (χ1) is 17.4. The van der Waals surface area contributed by atoms with E-state index in [0.29, 0.717) is 10.8 Å². The largest absolute Gasteiger partial charge is 0.339 e. The maximum atomic E-state index is 13.3. The number of pyridine rings is 1. The third-order valence-electron chi connectivity index (χ3n) is 7.46. The fraction of sp³-hybridized carbons (Fsp3) is 0.286. The number of benzene rings is 1. The molecule has 4 aromatic rings. The maximum absolute atomic E-state index is 13.3. The van der Waals surface area contributed by atoms with Gasteiger partial charge >= 0.3 is 0 Å². The van der Waals surface area contributed by atoms with E-state index in [1.807, 2.05) is 54.3 Å². The monoisotopic (exact) mass is 497 g/mol. The molecule has 6 rings (SSSR count).